The van der Waals surface area contributed by atoms with Crippen molar-refractivity contribution < 1.29 is 13.5 Å². The lowest BCUT2D eigenvalue weighted by Crippen LogP contribution is -2.18. The van der Waals surface area contributed by atoms with E-state index in [4.69, 9.17) is 5.11 Å². The molecule has 0 atom stereocenters. The summed E-state index contributed by atoms with van der Waals surface area (Å²) in [4.78, 5) is 8.61. The highest BCUT2D eigenvalue weighted by Gasteiger charge is 2.13. The second-order valence-corrected chi connectivity index (χ2v) is 6.85. The molecule has 0 bridgehead atoms. The van der Waals surface area contributed by atoms with Crippen LogP contribution in [0.5, 0.6) is 0 Å². The maximum atomic E-state index is 11.9. The van der Waals surface area contributed by atoms with Crippen molar-refractivity contribution in [2.45, 2.75) is 6.42 Å². The zero-order chi connectivity index (χ0) is 15.1. The first-order chi connectivity index (χ1) is 10.1. The number of rotatable bonds is 5. The Labute approximate surface area is 126 Å². The molecule has 6 nitrogen and oxygen atoms in total. The molecule has 0 unspecified atom stereocenters. The number of nitrogens with zero attached hydrogens (tertiary/aromatic N) is 2. The maximum absolute atomic E-state index is 11.9. The van der Waals surface area contributed by atoms with Crippen LogP contribution in [0.15, 0.2) is 30.6 Å². The van der Waals surface area contributed by atoms with Gasteiger partial charge in [-0.15, -0.1) is 0 Å². The fourth-order valence-corrected chi connectivity index (χ4v) is 3.46. The van der Waals surface area contributed by atoms with Crippen LogP contribution in [0, 0.1) is 11.8 Å². The van der Waals surface area contributed by atoms with Gasteiger partial charge in [0.15, 0.2) is 5.13 Å². The number of thiazole rings is 1. The summed E-state index contributed by atoms with van der Waals surface area (Å²) in [5.41, 5.74) is 0.719. The van der Waals surface area contributed by atoms with Crippen LogP contribution in [0.2, 0.25) is 0 Å². The average molecular weight is 323 g/mol. The Bertz CT molecular complexity index is 746. The van der Waals surface area contributed by atoms with Crippen molar-refractivity contribution in [3.8, 4) is 11.8 Å². The maximum Gasteiger partial charge on any atom is 0.234 e. The summed E-state index contributed by atoms with van der Waals surface area (Å²) in [6, 6.07) is 5.37. The standard InChI is InChI=1S/C13H13N3O3S2/c17-8-3-5-12-10-15-13(20-12)16-21(18,19)9-6-11-4-1-2-7-14-11/h1-2,4,7,10,17H,6,8-9H2,(H,15,16). The number of aliphatic hydroxyl groups excluding tert-OH is 1. The Balaban J connectivity index is 1.96. The lowest BCUT2D eigenvalue weighted by atomic mass is 10.3. The number of hydrogen-bond donors (Lipinski definition) is 2. The molecule has 0 saturated carbocycles. The quantitative estimate of drug-likeness (QED) is 0.797. The molecule has 8 heteroatoms. The van der Waals surface area contributed by atoms with Gasteiger partial charge in [-0.25, -0.2) is 13.4 Å². The Morgan fingerprint density at radius 2 is 2.19 bits per heavy atom. The van der Waals surface area contributed by atoms with E-state index in [9.17, 15) is 8.42 Å². The number of nitrogens with one attached hydrogen (secondary N) is 1. The highest BCUT2D eigenvalue weighted by molar-refractivity contribution is 7.92. The van der Waals surface area contributed by atoms with E-state index in [1.807, 2.05) is 6.07 Å². The van der Waals surface area contributed by atoms with Crippen molar-refractivity contribution in [3.05, 3.63) is 41.2 Å². The first kappa shape index (κ1) is 15.4. The minimum Gasteiger partial charge on any atom is -0.384 e. The molecule has 110 valence electrons. The fourth-order valence-electron chi connectivity index (χ4n) is 1.47. The van der Waals surface area contributed by atoms with E-state index in [1.54, 1.807) is 18.3 Å². The van der Waals surface area contributed by atoms with Crippen molar-refractivity contribution in [1.82, 2.24) is 9.97 Å². The molecule has 2 aromatic heterocycles. The summed E-state index contributed by atoms with van der Waals surface area (Å²) in [6.45, 7) is -0.247. The third-order valence-electron chi connectivity index (χ3n) is 2.39. The highest BCUT2D eigenvalue weighted by Crippen LogP contribution is 2.18. The van der Waals surface area contributed by atoms with Crippen molar-refractivity contribution in [2.75, 3.05) is 17.1 Å². The lowest BCUT2D eigenvalue weighted by Gasteiger charge is -2.04. The molecule has 0 fully saturated rings. The van der Waals surface area contributed by atoms with E-state index in [0.717, 1.165) is 17.0 Å². The van der Waals surface area contributed by atoms with E-state index >= 15 is 0 Å². The monoisotopic (exact) mass is 323 g/mol. The van der Waals surface area contributed by atoms with Gasteiger partial charge >= 0.3 is 0 Å². The van der Waals surface area contributed by atoms with E-state index in [0.29, 0.717) is 11.3 Å². The molecular weight excluding hydrogens is 310 g/mol. The second-order valence-electron chi connectivity index (χ2n) is 3.98. The minimum absolute atomic E-state index is 0.0682. The van der Waals surface area contributed by atoms with Crippen LogP contribution in [0.1, 0.15) is 10.6 Å². The SMILES string of the molecule is O=S(=O)(CCc1ccccn1)Nc1ncc(C#CCO)s1. The molecule has 0 aromatic carbocycles. The molecule has 21 heavy (non-hydrogen) atoms. The smallest absolute Gasteiger partial charge is 0.234 e. The summed E-state index contributed by atoms with van der Waals surface area (Å²) in [5.74, 6) is 5.08. The summed E-state index contributed by atoms with van der Waals surface area (Å²) in [7, 11) is -3.48. The van der Waals surface area contributed by atoms with E-state index < -0.39 is 10.0 Å². The third kappa shape index (κ3) is 5.15. The fraction of sp³-hybridized carbons (Fsp3) is 0.231. The molecule has 2 N–H and O–H groups in total. The van der Waals surface area contributed by atoms with Gasteiger partial charge in [0.2, 0.25) is 10.0 Å². The van der Waals surface area contributed by atoms with Crippen LogP contribution in [0.3, 0.4) is 0 Å². The molecule has 0 aliphatic rings. The number of hydrogen-bond acceptors (Lipinski definition) is 6. The number of aromatic nitrogens is 2. The summed E-state index contributed by atoms with van der Waals surface area (Å²) in [5, 5.41) is 8.85. The zero-order valence-electron chi connectivity index (χ0n) is 11.0. The van der Waals surface area contributed by atoms with E-state index in [1.165, 1.54) is 6.20 Å². The van der Waals surface area contributed by atoms with Crippen molar-refractivity contribution in [2.24, 2.45) is 0 Å². The van der Waals surface area contributed by atoms with Gasteiger partial charge in [-0.1, -0.05) is 29.2 Å². The summed E-state index contributed by atoms with van der Waals surface area (Å²) < 4.78 is 26.3. The highest BCUT2D eigenvalue weighted by atomic mass is 32.2. The van der Waals surface area contributed by atoms with Gasteiger partial charge in [0.25, 0.3) is 0 Å². The topological polar surface area (TPSA) is 92.2 Å². The Morgan fingerprint density at radius 3 is 2.90 bits per heavy atom. The molecule has 0 aliphatic heterocycles. The molecule has 2 aromatic rings. The van der Waals surface area contributed by atoms with Gasteiger partial charge < -0.3 is 5.11 Å². The summed E-state index contributed by atoms with van der Waals surface area (Å²) in [6.07, 6.45) is 3.42. The molecule has 2 rings (SSSR count). The van der Waals surface area contributed by atoms with Crippen LogP contribution in [0.25, 0.3) is 0 Å². The Kier molecular flexibility index (Phi) is 5.27. The average Bonchev–Trinajstić information content (AvgIpc) is 2.91. The van der Waals surface area contributed by atoms with Crippen LogP contribution in [-0.4, -0.2) is 35.9 Å². The van der Waals surface area contributed by atoms with E-state index in [-0.39, 0.29) is 17.5 Å². The van der Waals surface area contributed by atoms with Crippen molar-refractivity contribution >= 4 is 26.5 Å². The molecule has 0 spiro atoms. The predicted octanol–water partition coefficient (Wildman–Crippen LogP) is 0.866. The van der Waals surface area contributed by atoms with Crippen LogP contribution >= 0.6 is 11.3 Å². The number of aryl methyl sites for hydroxylation is 1. The second kappa shape index (κ2) is 7.17. The summed E-state index contributed by atoms with van der Waals surface area (Å²) >= 11 is 1.12. The Morgan fingerprint density at radius 1 is 1.33 bits per heavy atom. The minimum atomic E-state index is -3.48. The normalized spacial score (nSPS) is 10.7. The van der Waals surface area contributed by atoms with Crippen LogP contribution < -0.4 is 4.72 Å². The van der Waals surface area contributed by atoms with E-state index in [2.05, 4.69) is 26.5 Å². The van der Waals surface area contributed by atoms with Crippen LogP contribution in [0.4, 0.5) is 5.13 Å². The number of aliphatic hydroxyl groups is 1. The zero-order valence-corrected chi connectivity index (χ0v) is 12.6. The van der Waals surface area contributed by atoms with Gasteiger partial charge in [0, 0.05) is 18.3 Å². The molecule has 0 radical (unpaired) electrons. The van der Waals surface area contributed by atoms with Gasteiger partial charge in [-0.3, -0.25) is 9.71 Å². The number of pyridine rings is 1. The Hall–Kier alpha value is -1.95. The van der Waals surface area contributed by atoms with Gasteiger partial charge in [0.05, 0.1) is 16.8 Å². The molecule has 0 saturated heterocycles. The molecular formula is C13H13N3O3S2. The molecule has 0 aliphatic carbocycles. The van der Waals surface area contributed by atoms with Crippen molar-refractivity contribution in [3.63, 3.8) is 0 Å². The molecule has 2 heterocycles. The molecule has 0 amide bonds. The van der Waals surface area contributed by atoms with Gasteiger partial charge in [-0.2, -0.15) is 0 Å². The van der Waals surface area contributed by atoms with Gasteiger partial charge in [-0.05, 0) is 12.1 Å². The van der Waals surface area contributed by atoms with Gasteiger partial charge in [0.1, 0.15) is 6.61 Å². The number of anilines is 1. The van der Waals surface area contributed by atoms with Crippen LogP contribution in [-0.2, 0) is 16.4 Å². The lowest BCUT2D eigenvalue weighted by molar-refractivity contribution is 0.350. The third-order valence-corrected chi connectivity index (χ3v) is 4.60. The first-order valence-electron chi connectivity index (χ1n) is 6.05. The largest absolute Gasteiger partial charge is 0.384 e. The van der Waals surface area contributed by atoms with Crippen molar-refractivity contribution in [1.29, 1.82) is 0 Å². The first-order valence-corrected chi connectivity index (χ1v) is 8.52. The number of sulfonamides is 1. The predicted molar refractivity (Wildman–Crippen MR) is 81.4 cm³/mol.